The van der Waals surface area contributed by atoms with E-state index in [9.17, 15) is 5.11 Å². The van der Waals surface area contributed by atoms with Crippen LogP contribution in [0.15, 0.2) is 0 Å². The van der Waals surface area contributed by atoms with Gasteiger partial charge in [0.15, 0.2) is 0 Å². The molecule has 0 aromatic carbocycles. The van der Waals surface area contributed by atoms with Gasteiger partial charge in [-0.3, -0.25) is 0 Å². The molecule has 1 aromatic rings. The maximum Gasteiger partial charge on any atom is 0.145 e. The highest BCUT2D eigenvalue weighted by Gasteiger charge is 2.19. The summed E-state index contributed by atoms with van der Waals surface area (Å²) in [6, 6.07) is 0. The first kappa shape index (κ1) is 11.6. The Morgan fingerprint density at radius 2 is 2.00 bits per heavy atom. The third-order valence-corrected chi connectivity index (χ3v) is 3.29. The number of hydrogen-bond donors (Lipinski definition) is 1. The third-order valence-electron chi connectivity index (χ3n) is 2.36. The summed E-state index contributed by atoms with van der Waals surface area (Å²) in [6.45, 7) is 8.13. The molecule has 0 fully saturated rings. The van der Waals surface area contributed by atoms with Crippen LogP contribution in [0.2, 0.25) is 0 Å². The number of aliphatic hydroxyl groups is 1. The second-order valence-electron chi connectivity index (χ2n) is 3.91. The Balaban J connectivity index is 2.76. The smallest absolute Gasteiger partial charge is 0.145 e. The molecular weight excluding hydrogens is 196 g/mol. The molecule has 2 unspecified atom stereocenters. The summed E-state index contributed by atoms with van der Waals surface area (Å²) in [5.41, 5.74) is 0. The number of nitrogens with zero attached hydrogens (tertiary/aromatic N) is 2. The molecule has 0 saturated heterocycles. The second kappa shape index (κ2) is 4.84. The zero-order chi connectivity index (χ0) is 10.7. The molecule has 0 radical (unpaired) electrons. The van der Waals surface area contributed by atoms with Crippen molar-refractivity contribution in [3.63, 3.8) is 0 Å². The minimum atomic E-state index is -0.303. The molecule has 1 N–H and O–H groups in total. The van der Waals surface area contributed by atoms with Gasteiger partial charge in [-0.05, 0) is 18.0 Å². The molecule has 1 aromatic heterocycles. The van der Waals surface area contributed by atoms with Gasteiger partial charge in [-0.15, -0.1) is 0 Å². The second-order valence-corrected chi connectivity index (χ2v) is 4.69. The summed E-state index contributed by atoms with van der Waals surface area (Å²) in [4.78, 5) is 4.43. The van der Waals surface area contributed by atoms with E-state index in [-0.39, 0.29) is 12.0 Å². The number of rotatable bonds is 4. The van der Waals surface area contributed by atoms with Gasteiger partial charge in [0.05, 0.1) is 6.10 Å². The predicted molar refractivity (Wildman–Crippen MR) is 58.7 cm³/mol. The topological polar surface area (TPSA) is 46.0 Å². The molecule has 0 bridgehead atoms. The lowest BCUT2D eigenvalue weighted by Gasteiger charge is -2.13. The monoisotopic (exact) mass is 214 g/mol. The lowest BCUT2D eigenvalue weighted by molar-refractivity contribution is 0.145. The van der Waals surface area contributed by atoms with Crippen LogP contribution in [0.1, 0.15) is 56.8 Å². The van der Waals surface area contributed by atoms with Crippen molar-refractivity contribution in [1.29, 1.82) is 0 Å². The largest absolute Gasteiger partial charge is 0.392 e. The highest BCUT2D eigenvalue weighted by molar-refractivity contribution is 7.05. The van der Waals surface area contributed by atoms with Crippen LogP contribution in [0.25, 0.3) is 0 Å². The summed E-state index contributed by atoms with van der Waals surface area (Å²) >= 11 is 1.41. The van der Waals surface area contributed by atoms with E-state index >= 15 is 0 Å². The minimum Gasteiger partial charge on any atom is -0.392 e. The van der Waals surface area contributed by atoms with Crippen molar-refractivity contribution >= 4 is 11.5 Å². The van der Waals surface area contributed by atoms with Gasteiger partial charge >= 0.3 is 0 Å². The summed E-state index contributed by atoms with van der Waals surface area (Å²) in [6.07, 6.45) is 0.459. The van der Waals surface area contributed by atoms with Crippen LogP contribution in [0, 0.1) is 0 Å². The highest BCUT2D eigenvalue weighted by Crippen LogP contribution is 2.24. The van der Waals surface area contributed by atoms with E-state index in [4.69, 9.17) is 0 Å². The molecule has 0 aliphatic heterocycles. The first-order valence-corrected chi connectivity index (χ1v) is 5.85. The van der Waals surface area contributed by atoms with Crippen molar-refractivity contribution in [2.75, 3.05) is 0 Å². The quantitative estimate of drug-likeness (QED) is 0.837. The van der Waals surface area contributed by atoms with Gasteiger partial charge in [0, 0.05) is 11.8 Å². The van der Waals surface area contributed by atoms with Crippen molar-refractivity contribution in [2.45, 2.75) is 52.1 Å². The van der Waals surface area contributed by atoms with Gasteiger partial charge in [0.1, 0.15) is 10.8 Å². The van der Waals surface area contributed by atoms with Gasteiger partial charge < -0.3 is 5.11 Å². The molecule has 0 spiro atoms. The molecule has 0 aliphatic carbocycles. The van der Waals surface area contributed by atoms with Crippen molar-refractivity contribution in [1.82, 2.24) is 9.36 Å². The fraction of sp³-hybridized carbons (Fsp3) is 0.800. The molecule has 1 heterocycles. The van der Waals surface area contributed by atoms with E-state index in [0.717, 1.165) is 17.3 Å². The average Bonchev–Trinajstić information content (AvgIpc) is 2.64. The van der Waals surface area contributed by atoms with Crippen molar-refractivity contribution < 1.29 is 5.11 Å². The molecule has 4 heteroatoms. The van der Waals surface area contributed by atoms with E-state index < -0.39 is 0 Å². The normalized spacial score (nSPS) is 15.9. The number of hydrogen-bond acceptors (Lipinski definition) is 4. The molecule has 1 rings (SSSR count). The molecule has 2 atom stereocenters. The number of aromatic nitrogens is 2. The van der Waals surface area contributed by atoms with Crippen molar-refractivity contribution in [2.24, 2.45) is 0 Å². The Hall–Kier alpha value is -0.480. The Morgan fingerprint density at radius 1 is 1.36 bits per heavy atom. The zero-order valence-corrected chi connectivity index (χ0v) is 10.0. The minimum absolute atomic E-state index is 0.102. The van der Waals surface area contributed by atoms with Gasteiger partial charge in [-0.25, -0.2) is 4.98 Å². The summed E-state index contributed by atoms with van der Waals surface area (Å²) in [5, 5.41) is 10.6. The van der Waals surface area contributed by atoms with Gasteiger partial charge in [-0.1, -0.05) is 27.7 Å². The average molecular weight is 214 g/mol. The Morgan fingerprint density at radius 3 is 2.43 bits per heavy atom. The van der Waals surface area contributed by atoms with Crippen molar-refractivity contribution in [3.8, 4) is 0 Å². The van der Waals surface area contributed by atoms with E-state index in [1.54, 1.807) is 0 Å². The van der Waals surface area contributed by atoms with E-state index in [1.165, 1.54) is 11.5 Å². The van der Waals surface area contributed by atoms with Crippen LogP contribution >= 0.6 is 11.5 Å². The zero-order valence-electron chi connectivity index (χ0n) is 9.19. The highest BCUT2D eigenvalue weighted by atomic mass is 32.1. The molecule has 0 saturated carbocycles. The fourth-order valence-electron chi connectivity index (χ4n) is 1.18. The van der Waals surface area contributed by atoms with Gasteiger partial charge in [0.2, 0.25) is 0 Å². The Bertz CT molecular complexity index is 285. The van der Waals surface area contributed by atoms with Crippen LogP contribution in [0.4, 0.5) is 0 Å². The lowest BCUT2D eigenvalue weighted by atomic mass is 10.0. The SMILES string of the molecule is CCC(O)C(C)c1nc(C(C)C)ns1. The molecule has 80 valence electrons. The van der Waals surface area contributed by atoms with Crippen LogP contribution in [-0.2, 0) is 0 Å². The van der Waals surface area contributed by atoms with E-state index in [2.05, 4.69) is 23.2 Å². The molecule has 3 nitrogen and oxygen atoms in total. The molecular formula is C10H18N2OS. The summed E-state index contributed by atoms with van der Waals surface area (Å²) in [5.74, 6) is 1.36. The van der Waals surface area contributed by atoms with Crippen LogP contribution in [0.3, 0.4) is 0 Å². The van der Waals surface area contributed by atoms with Crippen LogP contribution in [-0.4, -0.2) is 20.6 Å². The Kier molecular flexibility index (Phi) is 4.01. The molecule has 0 aliphatic rings. The fourth-order valence-corrected chi connectivity index (χ4v) is 2.08. The maximum absolute atomic E-state index is 9.67. The van der Waals surface area contributed by atoms with Gasteiger partial charge in [0.25, 0.3) is 0 Å². The summed E-state index contributed by atoms with van der Waals surface area (Å²) < 4.78 is 4.27. The van der Waals surface area contributed by atoms with E-state index in [1.807, 2.05) is 13.8 Å². The molecule has 14 heavy (non-hydrogen) atoms. The maximum atomic E-state index is 9.67. The van der Waals surface area contributed by atoms with Crippen LogP contribution < -0.4 is 0 Å². The third kappa shape index (κ3) is 2.51. The van der Waals surface area contributed by atoms with Crippen molar-refractivity contribution in [3.05, 3.63) is 10.8 Å². The summed E-state index contributed by atoms with van der Waals surface area (Å²) in [7, 11) is 0. The lowest BCUT2D eigenvalue weighted by Crippen LogP contribution is -2.14. The van der Waals surface area contributed by atoms with Gasteiger partial charge in [-0.2, -0.15) is 4.37 Å². The van der Waals surface area contributed by atoms with E-state index in [0.29, 0.717) is 5.92 Å². The Labute approximate surface area is 89.4 Å². The van der Waals surface area contributed by atoms with Crippen LogP contribution in [0.5, 0.6) is 0 Å². The first-order chi connectivity index (χ1) is 6.56. The standard InChI is InChI=1S/C10H18N2OS/c1-5-8(13)7(4)10-11-9(6(2)3)12-14-10/h6-8,13H,5H2,1-4H3. The predicted octanol–water partition coefficient (Wildman–Crippen LogP) is 2.54. The first-order valence-electron chi connectivity index (χ1n) is 5.07. The molecule has 0 amide bonds. The number of aliphatic hydroxyl groups excluding tert-OH is 1.